The van der Waals surface area contributed by atoms with Crippen LogP contribution in [-0.4, -0.2) is 29.7 Å². The van der Waals surface area contributed by atoms with Crippen molar-refractivity contribution in [3.8, 4) is 11.1 Å². The van der Waals surface area contributed by atoms with E-state index < -0.39 is 0 Å². The second-order valence-corrected chi connectivity index (χ2v) is 7.99. The van der Waals surface area contributed by atoms with E-state index >= 15 is 0 Å². The van der Waals surface area contributed by atoms with Gasteiger partial charge in [0, 0.05) is 42.1 Å². The molecule has 4 nitrogen and oxygen atoms in total. The Hall–Kier alpha value is -2.17. The summed E-state index contributed by atoms with van der Waals surface area (Å²) in [4.78, 5) is 7.94. The highest BCUT2D eigenvalue weighted by atomic mass is 16.5. The topological polar surface area (TPSA) is 49.9 Å². The Bertz CT molecular complexity index is 949. The minimum Gasteiger partial charge on any atom is -0.381 e. The summed E-state index contributed by atoms with van der Waals surface area (Å²) >= 11 is 0. The summed E-state index contributed by atoms with van der Waals surface area (Å²) in [5, 5.41) is 4.89. The lowest BCUT2D eigenvalue weighted by molar-refractivity contribution is 0.0851. The van der Waals surface area contributed by atoms with Crippen molar-refractivity contribution < 1.29 is 4.74 Å². The lowest BCUT2D eigenvalue weighted by atomic mass is 9.84. The second kappa shape index (κ2) is 7.10. The highest BCUT2D eigenvalue weighted by Crippen LogP contribution is 2.37. The highest BCUT2D eigenvalue weighted by Gasteiger charge is 2.25. The van der Waals surface area contributed by atoms with Crippen LogP contribution in [0, 0.1) is 6.92 Å². The lowest BCUT2D eigenvalue weighted by Crippen LogP contribution is -2.19. The number of hydrogen-bond acceptors (Lipinski definition) is 3. The van der Waals surface area contributed by atoms with Crippen molar-refractivity contribution >= 4 is 11.0 Å². The summed E-state index contributed by atoms with van der Waals surface area (Å²) in [7, 11) is 0. The molecule has 140 valence electrons. The smallest absolute Gasteiger partial charge is 0.137 e. The van der Waals surface area contributed by atoms with Crippen LogP contribution in [0.1, 0.15) is 54.5 Å². The van der Waals surface area contributed by atoms with E-state index in [9.17, 15) is 0 Å². The number of pyridine rings is 1. The molecular formula is C23H27N3O. The molecule has 2 N–H and O–H groups in total. The fraction of sp³-hybridized carbons (Fsp3) is 0.435. The summed E-state index contributed by atoms with van der Waals surface area (Å²) in [6.45, 7) is 4.97. The normalized spacial score (nSPS) is 21.1. The van der Waals surface area contributed by atoms with Gasteiger partial charge in [0.05, 0.1) is 0 Å². The minimum absolute atomic E-state index is 0.481. The monoisotopic (exact) mass is 361 g/mol. The maximum atomic E-state index is 5.60. The summed E-state index contributed by atoms with van der Waals surface area (Å²) in [6.07, 6.45) is 6.75. The molecule has 0 amide bonds. The van der Waals surface area contributed by atoms with Gasteiger partial charge in [-0.1, -0.05) is 12.1 Å². The molecule has 3 aromatic rings. The maximum absolute atomic E-state index is 5.60. The Morgan fingerprint density at radius 1 is 1.00 bits per heavy atom. The first-order valence-corrected chi connectivity index (χ1v) is 10.2. The summed E-state index contributed by atoms with van der Waals surface area (Å²) in [6, 6.07) is 12.0. The van der Waals surface area contributed by atoms with Gasteiger partial charge in [-0.25, -0.2) is 4.98 Å². The molecule has 4 heteroatoms. The van der Waals surface area contributed by atoms with E-state index in [1.807, 2.05) is 6.20 Å². The van der Waals surface area contributed by atoms with Gasteiger partial charge in [0.15, 0.2) is 0 Å². The molecule has 5 rings (SSSR count). The van der Waals surface area contributed by atoms with Crippen LogP contribution in [0.3, 0.4) is 0 Å². The summed E-state index contributed by atoms with van der Waals surface area (Å²) in [5.74, 6) is 0.623. The Balaban J connectivity index is 1.56. The number of nitrogens with zero attached hydrogens (tertiary/aromatic N) is 1. The number of rotatable bonds is 3. The molecule has 1 aromatic carbocycles. The quantitative estimate of drug-likeness (QED) is 0.701. The van der Waals surface area contributed by atoms with Gasteiger partial charge in [0.1, 0.15) is 5.65 Å². The van der Waals surface area contributed by atoms with E-state index in [0.29, 0.717) is 12.0 Å². The predicted molar refractivity (Wildman–Crippen MR) is 109 cm³/mol. The van der Waals surface area contributed by atoms with Crippen LogP contribution in [0.25, 0.3) is 22.2 Å². The number of H-pyrrole nitrogens is 1. The Morgan fingerprint density at radius 2 is 1.89 bits per heavy atom. The SMILES string of the molecule is Cc1cc2cc(-c3ccc(C4CCOCC4)c(C4CCCN4)c3)cnc2[nH]1. The Kier molecular flexibility index (Phi) is 4.46. The van der Waals surface area contributed by atoms with Crippen LogP contribution in [0.15, 0.2) is 36.5 Å². The zero-order valence-electron chi connectivity index (χ0n) is 15.9. The zero-order chi connectivity index (χ0) is 18.2. The van der Waals surface area contributed by atoms with E-state index in [-0.39, 0.29) is 0 Å². The molecule has 2 saturated heterocycles. The summed E-state index contributed by atoms with van der Waals surface area (Å²) in [5.41, 5.74) is 7.59. The third-order valence-corrected chi connectivity index (χ3v) is 6.12. The predicted octanol–water partition coefficient (Wildman–Crippen LogP) is 4.86. The molecule has 2 aromatic heterocycles. The third kappa shape index (κ3) is 3.28. The van der Waals surface area contributed by atoms with Gasteiger partial charge in [-0.05, 0) is 80.0 Å². The van der Waals surface area contributed by atoms with E-state index in [4.69, 9.17) is 4.74 Å². The van der Waals surface area contributed by atoms with Crippen molar-refractivity contribution in [3.05, 3.63) is 53.3 Å². The van der Waals surface area contributed by atoms with Gasteiger partial charge in [-0.3, -0.25) is 0 Å². The maximum Gasteiger partial charge on any atom is 0.137 e. The zero-order valence-corrected chi connectivity index (χ0v) is 15.9. The van der Waals surface area contributed by atoms with Crippen LogP contribution in [0.5, 0.6) is 0 Å². The van der Waals surface area contributed by atoms with Crippen LogP contribution in [0.2, 0.25) is 0 Å². The first kappa shape index (κ1) is 17.0. The molecule has 0 radical (unpaired) electrons. The van der Waals surface area contributed by atoms with Gasteiger partial charge >= 0.3 is 0 Å². The number of nitrogens with one attached hydrogen (secondary N) is 2. The number of ether oxygens (including phenoxy) is 1. The molecule has 4 heterocycles. The molecule has 0 spiro atoms. The van der Waals surface area contributed by atoms with Crippen LogP contribution in [0.4, 0.5) is 0 Å². The molecular weight excluding hydrogens is 334 g/mol. The van der Waals surface area contributed by atoms with Crippen LogP contribution >= 0.6 is 0 Å². The first-order valence-electron chi connectivity index (χ1n) is 10.2. The van der Waals surface area contributed by atoms with Gasteiger partial charge < -0.3 is 15.0 Å². The molecule has 0 bridgehead atoms. The Morgan fingerprint density at radius 3 is 2.70 bits per heavy atom. The fourth-order valence-electron chi connectivity index (χ4n) is 4.70. The van der Waals surface area contributed by atoms with Crippen molar-refractivity contribution in [1.82, 2.24) is 15.3 Å². The average Bonchev–Trinajstić information content (AvgIpc) is 3.36. The number of benzene rings is 1. The van der Waals surface area contributed by atoms with Crippen molar-refractivity contribution in [2.75, 3.05) is 19.8 Å². The average molecular weight is 361 g/mol. The standard InChI is InChI=1S/C23H27N3O/c1-15-11-18-12-19(14-25-23(18)26-15)17-4-5-20(16-6-9-27-10-7-16)21(13-17)22-3-2-8-24-22/h4-5,11-14,16,22,24H,2-3,6-10H2,1H3,(H,25,26). The number of fused-ring (bicyclic) bond motifs is 1. The molecule has 27 heavy (non-hydrogen) atoms. The Labute approximate surface area is 160 Å². The van der Waals surface area contributed by atoms with Crippen molar-refractivity contribution in [3.63, 3.8) is 0 Å². The van der Waals surface area contributed by atoms with E-state index in [0.717, 1.165) is 43.9 Å². The number of aromatic amines is 1. The van der Waals surface area contributed by atoms with Gasteiger partial charge in [-0.15, -0.1) is 0 Å². The first-order chi connectivity index (χ1) is 13.3. The lowest BCUT2D eigenvalue weighted by Gasteiger charge is -2.27. The largest absolute Gasteiger partial charge is 0.381 e. The molecule has 0 aliphatic carbocycles. The van der Waals surface area contributed by atoms with Crippen LogP contribution < -0.4 is 5.32 Å². The van der Waals surface area contributed by atoms with E-state index in [1.54, 1.807) is 0 Å². The van der Waals surface area contributed by atoms with Crippen molar-refractivity contribution in [2.24, 2.45) is 0 Å². The molecule has 2 aliphatic rings. The minimum atomic E-state index is 0.481. The fourth-order valence-corrected chi connectivity index (χ4v) is 4.70. The van der Waals surface area contributed by atoms with Crippen molar-refractivity contribution in [2.45, 2.75) is 44.6 Å². The third-order valence-electron chi connectivity index (χ3n) is 6.12. The molecule has 1 atom stereocenters. The molecule has 0 saturated carbocycles. The van der Waals surface area contributed by atoms with E-state index in [2.05, 4.69) is 52.5 Å². The van der Waals surface area contributed by atoms with Gasteiger partial charge in [0.25, 0.3) is 0 Å². The van der Waals surface area contributed by atoms with Crippen molar-refractivity contribution in [1.29, 1.82) is 0 Å². The molecule has 2 fully saturated rings. The molecule has 1 unspecified atom stereocenters. The number of hydrogen-bond donors (Lipinski definition) is 2. The number of aromatic nitrogens is 2. The van der Waals surface area contributed by atoms with E-state index in [1.165, 1.54) is 40.5 Å². The summed E-state index contributed by atoms with van der Waals surface area (Å²) < 4.78 is 5.60. The second-order valence-electron chi connectivity index (χ2n) is 7.99. The number of aryl methyl sites for hydroxylation is 1. The highest BCUT2D eigenvalue weighted by molar-refractivity contribution is 5.82. The van der Waals surface area contributed by atoms with Crippen LogP contribution in [-0.2, 0) is 4.74 Å². The van der Waals surface area contributed by atoms with Gasteiger partial charge in [-0.2, -0.15) is 0 Å². The van der Waals surface area contributed by atoms with Gasteiger partial charge in [0.2, 0.25) is 0 Å². The molecule has 2 aliphatic heterocycles.